The van der Waals surface area contributed by atoms with E-state index in [1.54, 1.807) is 18.2 Å². The average molecular weight is 477 g/mol. The number of nitrogens with one attached hydrogen (secondary N) is 3. The SMILES string of the molecule is O=C(COc1ccc(Cl)cc1Br)NNC(=S)NC(=O)CCC1CCCCC1. The van der Waals surface area contributed by atoms with Gasteiger partial charge in [0.05, 0.1) is 4.47 Å². The highest BCUT2D eigenvalue weighted by atomic mass is 79.9. The molecule has 0 saturated heterocycles. The van der Waals surface area contributed by atoms with E-state index < -0.39 is 5.91 Å². The number of ether oxygens (including phenoxy) is 1. The van der Waals surface area contributed by atoms with Crippen LogP contribution in [0, 0.1) is 5.92 Å². The Hall–Kier alpha value is -1.38. The standard InChI is InChI=1S/C18H23BrClN3O3S/c19-14-10-13(20)7-8-15(14)26-11-17(25)22-23-18(27)21-16(24)9-6-12-4-2-1-3-5-12/h7-8,10,12H,1-6,9,11H2,(H,22,25)(H2,21,23,24,27). The molecule has 1 aliphatic rings. The van der Waals surface area contributed by atoms with Gasteiger partial charge in [0.15, 0.2) is 11.7 Å². The van der Waals surface area contributed by atoms with E-state index in [1.807, 2.05) is 0 Å². The summed E-state index contributed by atoms with van der Waals surface area (Å²) in [5.41, 5.74) is 4.88. The molecule has 148 valence electrons. The largest absolute Gasteiger partial charge is 0.483 e. The van der Waals surface area contributed by atoms with Gasteiger partial charge in [-0.2, -0.15) is 0 Å². The van der Waals surface area contributed by atoms with Gasteiger partial charge >= 0.3 is 0 Å². The maximum Gasteiger partial charge on any atom is 0.276 e. The summed E-state index contributed by atoms with van der Waals surface area (Å²) in [6, 6.07) is 4.99. The first-order valence-electron chi connectivity index (χ1n) is 8.90. The van der Waals surface area contributed by atoms with Crippen molar-refractivity contribution in [2.75, 3.05) is 6.61 Å². The Morgan fingerprint density at radius 2 is 1.93 bits per heavy atom. The first kappa shape index (κ1) is 21.9. The van der Waals surface area contributed by atoms with Gasteiger partial charge in [0.2, 0.25) is 5.91 Å². The molecule has 6 nitrogen and oxygen atoms in total. The Kier molecular flexibility index (Phi) is 9.30. The monoisotopic (exact) mass is 475 g/mol. The molecule has 27 heavy (non-hydrogen) atoms. The third kappa shape index (κ3) is 8.45. The summed E-state index contributed by atoms with van der Waals surface area (Å²) < 4.78 is 6.03. The van der Waals surface area contributed by atoms with Crippen LogP contribution in [0.2, 0.25) is 5.02 Å². The zero-order valence-electron chi connectivity index (χ0n) is 14.9. The maximum atomic E-state index is 11.9. The first-order valence-corrected chi connectivity index (χ1v) is 10.5. The summed E-state index contributed by atoms with van der Waals surface area (Å²) in [4.78, 5) is 23.7. The summed E-state index contributed by atoms with van der Waals surface area (Å²) in [6.07, 6.45) is 7.54. The lowest BCUT2D eigenvalue weighted by molar-refractivity contribution is -0.124. The molecule has 0 radical (unpaired) electrons. The number of hydrogen-bond acceptors (Lipinski definition) is 4. The molecule has 0 atom stereocenters. The molecule has 1 aromatic rings. The second-order valence-electron chi connectivity index (χ2n) is 6.46. The van der Waals surface area contributed by atoms with Gasteiger partial charge in [0, 0.05) is 11.4 Å². The van der Waals surface area contributed by atoms with Gasteiger partial charge in [-0.05, 0) is 58.7 Å². The summed E-state index contributed by atoms with van der Waals surface area (Å²) in [5, 5.41) is 3.19. The minimum atomic E-state index is -0.435. The predicted molar refractivity (Wildman–Crippen MR) is 112 cm³/mol. The van der Waals surface area contributed by atoms with E-state index in [1.165, 1.54) is 32.1 Å². The fourth-order valence-corrected chi connectivity index (χ4v) is 3.89. The van der Waals surface area contributed by atoms with Gasteiger partial charge in [-0.1, -0.05) is 43.7 Å². The molecule has 0 aromatic heterocycles. The van der Waals surface area contributed by atoms with E-state index >= 15 is 0 Å². The normalized spacial score (nSPS) is 14.3. The molecular formula is C18H23BrClN3O3S. The number of amides is 2. The number of carbonyl (C=O) groups excluding carboxylic acids is 2. The van der Waals surface area contributed by atoms with Crippen molar-refractivity contribution >= 4 is 56.7 Å². The smallest absolute Gasteiger partial charge is 0.276 e. The maximum absolute atomic E-state index is 11.9. The van der Waals surface area contributed by atoms with E-state index in [9.17, 15) is 9.59 Å². The van der Waals surface area contributed by atoms with Crippen LogP contribution in [0.15, 0.2) is 22.7 Å². The van der Waals surface area contributed by atoms with Crippen LogP contribution in [0.4, 0.5) is 0 Å². The highest BCUT2D eigenvalue weighted by Gasteiger charge is 2.15. The number of benzene rings is 1. The Morgan fingerprint density at radius 1 is 1.19 bits per heavy atom. The molecule has 9 heteroatoms. The summed E-state index contributed by atoms with van der Waals surface area (Å²) in [5.74, 6) is 0.549. The van der Waals surface area contributed by atoms with Crippen molar-refractivity contribution in [3.63, 3.8) is 0 Å². The van der Waals surface area contributed by atoms with Gasteiger partial charge in [-0.3, -0.25) is 20.4 Å². The fourth-order valence-electron chi connectivity index (χ4n) is 2.93. The second kappa shape index (κ2) is 11.5. The topological polar surface area (TPSA) is 79.5 Å². The van der Waals surface area contributed by atoms with Crippen LogP contribution in [0.5, 0.6) is 5.75 Å². The molecule has 0 bridgehead atoms. The second-order valence-corrected chi connectivity index (χ2v) is 8.16. The number of thiocarbonyl (C=S) groups is 1. The van der Waals surface area contributed by atoms with Crippen LogP contribution < -0.4 is 20.9 Å². The van der Waals surface area contributed by atoms with E-state index in [4.69, 9.17) is 28.6 Å². The summed E-state index contributed by atoms with van der Waals surface area (Å²) in [7, 11) is 0. The van der Waals surface area contributed by atoms with E-state index in [0.29, 0.717) is 27.6 Å². The minimum Gasteiger partial charge on any atom is -0.483 e. The predicted octanol–water partition coefficient (Wildman–Crippen LogP) is 3.86. The van der Waals surface area contributed by atoms with Gasteiger partial charge < -0.3 is 10.1 Å². The summed E-state index contributed by atoms with van der Waals surface area (Å²) >= 11 is 14.2. The lowest BCUT2D eigenvalue weighted by Gasteiger charge is -2.21. The third-order valence-electron chi connectivity index (χ3n) is 4.33. The van der Waals surface area contributed by atoms with Gasteiger partial charge in [0.25, 0.3) is 5.91 Å². The molecular weight excluding hydrogens is 454 g/mol. The highest BCUT2D eigenvalue weighted by Crippen LogP contribution is 2.28. The Balaban J connectivity index is 1.61. The number of rotatable bonds is 6. The van der Waals surface area contributed by atoms with Crippen molar-refractivity contribution in [2.24, 2.45) is 5.92 Å². The van der Waals surface area contributed by atoms with Crippen LogP contribution in [-0.2, 0) is 9.59 Å². The molecule has 1 saturated carbocycles. The van der Waals surface area contributed by atoms with Crippen molar-refractivity contribution in [2.45, 2.75) is 44.9 Å². The quantitative estimate of drug-likeness (QED) is 0.429. The molecule has 0 aliphatic heterocycles. The zero-order chi connectivity index (χ0) is 19.6. The van der Waals surface area contributed by atoms with Crippen molar-refractivity contribution in [1.29, 1.82) is 0 Å². The van der Waals surface area contributed by atoms with Gasteiger partial charge in [-0.25, -0.2) is 0 Å². The van der Waals surface area contributed by atoms with Crippen LogP contribution in [0.3, 0.4) is 0 Å². The molecule has 2 rings (SSSR count). The lowest BCUT2D eigenvalue weighted by Crippen LogP contribution is -2.49. The molecule has 3 N–H and O–H groups in total. The van der Waals surface area contributed by atoms with Crippen molar-refractivity contribution in [3.05, 3.63) is 27.7 Å². The number of halogens is 2. The molecule has 1 aliphatic carbocycles. The van der Waals surface area contributed by atoms with Gasteiger partial charge in [0.1, 0.15) is 5.75 Å². The summed E-state index contributed by atoms with van der Waals surface area (Å²) in [6.45, 7) is -0.217. The van der Waals surface area contributed by atoms with Crippen LogP contribution in [0.25, 0.3) is 0 Å². The molecule has 0 spiro atoms. The molecule has 0 unspecified atom stereocenters. The zero-order valence-corrected chi connectivity index (χ0v) is 18.0. The lowest BCUT2D eigenvalue weighted by atomic mass is 9.86. The first-order chi connectivity index (χ1) is 12.9. The Labute approximate surface area is 177 Å². The fraction of sp³-hybridized carbons (Fsp3) is 0.500. The molecule has 1 fully saturated rings. The van der Waals surface area contributed by atoms with E-state index in [2.05, 4.69) is 32.1 Å². The Bertz CT molecular complexity index is 684. The van der Waals surface area contributed by atoms with Crippen LogP contribution >= 0.6 is 39.7 Å². The van der Waals surface area contributed by atoms with Crippen molar-refractivity contribution < 1.29 is 14.3 Å². The number of carbonyl (C=O) groups is 2. The molecule has 2 amide bonds. The van der Waals surface area contributed by atoms with E-state index in [0.717, 1.165) is 6.42 Å². The number of hydrazine groups is 1. The van der Waals surface area contributed by atoms with Crippen LogP contribution in [0.1, 0.15) is 44.9 Å². The highest BCUT2D eigenvalue weighted by molar-refractivity contribution is 9.10. The minimum absolute atomic E-state index is 0.0599. The Morgan fingerprint density at radius 3 is 2.63 bits per heavy atom. The van der Waals surface area contributed by atoms with E-state index in [-0.39, 0.29) is 17.6 Å². The van der Waals surface area contributed by atoms with Crippen molar-refractivity contribution in [1.82, 2.24) is 16.2 Å². The van der Waals surface area contributed by atoms with Crippen LogP contribution in [-0.4, -0.2) is 23.5 Å². The van der Waals surface area contributed by atoms with Crippen molar-refractivity contribution in [3.8, 4) is 5.75 Å². The third-order valence-corrected chi connectivity index (χ3v) is 5.38. The average Bonchev–Trinajstić information content (AvgIpc) is 2.65. The molecule has 0 heterocycles. The number of hydrogen-bond donors (Lipinski definition) is 3. The molecule has 1 aromatic carbocycles. The van der Waals surface area contributed by atoms with Gasteiger partial charge in [-0.15, -0.1) is 0 Å².